The molecule has 1 saturated carbocycles. The molecule has 3 nitrogen and oxygen atoms in total. The van der Waals surface area contributed by atoms with E-state index >= 15 is 0 Å². The third-order valence-corrected chi connectivity index (χ3v) is 6.00. The maximum atomic E-state index is 12.5. The number of benzene rings is 1. The summed E-state index contributed by atoms with van der Waals surface area (Å²) in [6.07, 6.45) is 7.27. The van der Waals surface area contributed by atoms with Gasteiger partial charge in [-0.25, -0.2) is 0 Å². The fourth-order valence-electron chi connectivity index (χ4n) is 3.37. The Morgan fingerprint density at radius 2 is 1.85 bits per heavy atom. The highest BCUT2D eigenvalue weighted by atomic mass is 32.1. The van der Waals surface area contributed by atoms with Crippen molar-refractivity contribution in [2.24, 2.45) is 0 Å². The van der Waals surface area contributed by atoms with Gasteiger partial charge >= 0.3 is 0 Å². The summed E-state index contributed by atoms with van der Waals surface area (Å²) in [5.41, 5.74) is 2.36. The largest absolute Gasteiger partial charge is 0.489 e. The van der Waals surface area contributed by atoms with Gasteiger partial charge in [-0.3, -0.25) is 4.79 Å². The average molecular weight is 372 g/mol. The summed E-state index contributed by atoms with van der Waals surface area (Å²) in [4.78, 5) is 13.3. The molecule has 2 aromatic rings. The van der Waals surface area contributed by atoms with Crippen LogP contribution in [0.25, 0.3) is 0 Å². The molecule has 0 radical (unpaired) electrons. The highest BCUT2D eigenvalue weighted by Gasteiger charge is 2.17. The molecule has 4 heteroatoms. The summed E-state index contributed by atoms with van der Waals surface area (Å²) in [7, 11) is 0. The monoisotopic (exact) mass is 371 g/mol. The number of carbonyl (C=O) groups excluding carboxylic acids is 1. The predicted octanol–water partition coefficient (Wildman–Crippen LogP) is 5.90. The molecule has 0 bridgehead atoms. The topological polar surface area (TPSA) is 38.3 Å². The Balaban J connectivity index is 1.51. The SMILES string of the molecule is CC(C)c1ccc(OCc2csc(C(=O)NC3CCCCCC3)c2)cc1. The zero-order chi connectivity index (χ0) is 18.4. The lowest BCUT2D eigenvalue weighted by Gasteiger charge is -2.15. The van der Waals surface area contributed by atoms with Crippen LogP contribution in [-0.4, -0.2) is 11.9 Å². The molecule has 140 valence electrons. The molecule has 0 atom stereocenters. The molecule has 0 unspecified atom stereocenters. The molecular weight excluding hydrogens is 342 g/mol. The molecule has 1 N–H and O–H groups in total. The van der Waals surface area contributed by atoms with Crippen LogP contribution in [-0.2, 0) is 6.61 Å². The summed E-state index contributed by atoms with van der Waals surface area (Å²) < 4.78 is 5.86. The molecule has 1 aliphatic carbocycles. The summed E-state index contributed by atoms with van der Waals surface area (Å²) in [6, 6.07) is 10.5. The molecule has 3 rings (SSSR count). The molecule has 1 fully saturated rings. The third kappa shape index (κ3) is 5.34. The molecule has 0 saturated heterocycles. The Morgan fingerprint density at radius 1 is 1.15 bits per heavy atom. The van der Waals surface area contributed by atoms with E-state index in [2.05, 4.69) is 31.3 Å². The first-order valence-corrected chi connectivity index (χ1v) is 10.6. The van der Waals surface area contributed by atoms with Gasteiger partial charge in [0.1, 0.15) is 12.4 Å². The van der Waals surface area contributed by atoms with Crippen molar-refractivity contribution in [2.45, 2.75) is 70.9 Å². The first kappa shape index (κ1) is 19.0. The highest BCUT2D eigenvalue weighted by Crippen LogP contribution is 2.22. The first-order valence-electron chi connectivity index (χ1n) is 9.73. The van der Waals surface area contributed by atoms with E-state index in [0.717, 1.165) is 29.0 Å². The van der Waals surface area contributed by atoms with Crippen LogP contribution in [0.1, 0.15) is 79.1 Å². The van der Waals surface area contributed by atoms with Crippen LogP contribution < -0.4 is 10.1 Å². The number of carbonyl (C=O) groups is 1. The van der Waals surface area contributed by atoms with Crippen LogP contribution in [0.15, 0.2) is 35.7 Å². The summed E-state index contributed by atoms with van der Waals surface area (Å²) >= 11 is 1.50. The second-order valence-electron chi connectivity index (χ2n) is 7.49. The van der Waals surface area contributed by atoms with Gasteiger partial charge in [0.2, 0.25) is 0 Å². The van der Waals surface area contributed by atoms with Crippen molar-refractivity contribution in [3.05, 3.63) is 51.7 Å². The molecule has 1 heterocycles. The van der Waals surface area contributed by atoms with Gasteiger partial charge < -0.3 is 10.1 Å². The van der Waals surface area contributed by atoms with Gasteiger partial charge in [-0.15, -0.1) is 11.3 Å². The van der Waals surface area contributed by atoms with Crippen molar-refractivity contribution >= 4 is 17.2 Å². The molecule has 0 aliphatic heterocycles. The van der Waals surface area contributed by atoms with Crippen LogP contribution in [0.2, 0.25) is 0 Å². The molecule has 1 aliphatic rings. The second-order valence-corrected chi connectivity index (χ2v) is 8.40. The molecule has 26 heavy (non-hydrogen) atoms. The zero-order valence-corrected chi connectivity index (χ0v) is 16.6. The molecular formula is C22H29NO2S. The van der Waals surface area contributed by atoms with Crippen LogP contribution in [0, 0.1) is 0 Å². The summed E-state index contributed by atoms with van der Waals surface area (Å²) in [6.45, 7) is 4.86. The minimum atomic E-state index is 0.0643. The van der Waals surface area contributed by atoms with Crippen molar-refractivity contribution in [1.82, 2.24) is 5.32 Å². The van der Waals surface area contributed by atoms with Gasteiger partial charge in [0.05, 0.1) is 4.88 Å². The van der Waals surface area contributed by atoms with Crippen molar-refractivity contribution in [3.8, 4) is 5.75 Å². The smallest absolute Gasteiger partial charge is 0.261 e. The van der Waals surface area contributed by atoms with E-state index in [9.17, 15) is 4.79 Å². The second kappa shape index (κ2) is 9.22. The number of hydrogen-bond acceptors (Lipinski definition) is 3. The van der Waals surface area contributed by atoms with Crippen LogP contribution in [0.3, 0.4) is 0 Å². The molecule has 1 aromatic carbocycles. The van der Waals surface area contributed by atoms with Gasteiger partial charge in [-0.1, -0.05) is 51.7 Å². The number of ether oxygens (including phenoxy) is 1. The Kier molecular flexibility index (Phi) is 6.73. The van der Waals surface area contributed by atoms with Crippen LogP contribution in [0.4, 0.5) is 0 Å². The lowest BCUT2D eigenvalue weighted by atomic mass is 10.0. The third-order valence-electron chi connectivity index (χ3n) is 5.02. The van der Waals surface area contributed by atoms with Crippen molar-refractivity contribution in [2.75, 3.05) is 0 Å². The summed E-state index contributed by atoms with van der Waals surface area (Å²) in [5, 5.41) is 5.23. The number of thiophene rings is 1. The van der Waals surface area contributed by atoms with Crippen molar-refractivity contribution < 1.29 is 9.53 Å². The fourth-order valence-corrected chi connectivity index (χ4v) is 4.17. The van der Waals surface area contributed by atoms with E-state index in [1.807, 2.05) is 23.6 Å². The lowest BCUT2D eigenvalue weighted by molar-refractivity contribution is 0.0937. The van der Waals surface area contributed by atoms with Crippen molar-refractivity contribution in [3.63, 3.8) is 0 Å². The number of amides is 1. The van der Waals surface area contributed by atoms with E-state index in [4.69, 9.17) is 4.74 Å². The standard InChI is InChI=1S/C22H29NO2S/c1-16(2)18-9-11-20(12-10-18)25-14-17-13-21(26-15-17)22(24)23-19-7-5-3-4-6-8-19/h9-13,15-16,19H,3-8,14H2,1-2H3,(H,23,24). The van der Waals surface area contributed by atoms with E-state index in [-0.39, 0.29) is 5.91 Å². The van der Waals surface area contributed by atoms with Crippen molar-refractivity contribution in [1.29, 1.82) is 0 Å². The average Bonchev–Trinajstić information content (AvgIpc) is 2.98. The van der Waals surface area contributed by atoms with Crippen LogP contribution in [0.5, 0.6) is 5.75 Å². The Bertz CT molecular complexity index is 697. The molecule has 0 spiro atoms. The van der Waals surface area contributed by atoms with Gasteiger partial charge in [-0.05, 0) is 47.9 Å². The Morgan fingerprint density at radius 3 is 2.50 bits per heavy atom. The number of hydrogen-bond donors (Lipinski definition) is 1. The number of nitrogens with one attached hydrogen (secondary N) is 1. The van der Waals surface area contributed by atoms with Gasteiger partial charge in [-0.2, -0.15) is 0 Å². The van der Waals surface area contributed by atoms with E-state index in [1.165, 1.54) is 42.6 Å². The van der Waals surface area contributed by atoms with Gasteiger partial charge in [0, 0.05) is 11.6 Å². The number of rotatable bonds is 6. The lowest BCUT2D eigenvalue weighted by Crippen LogP contribution is -2.33. The highest BCUT2D eigenvalue weighted by molar-refractivity contribution is 7.12. The maximum absolute atomic E-state index is 12.5. The maximum Gasteiger partial charge on any atom is 0.261 e. The molecule has 1 amide bonds. The Hall–Kier alpha value is -1.81. The quantitative estimate of drug-likeness (QED) is 0.642. The van der Waals surface area contributed by atoms with E-state index in [1.54, 1.807) is 0 Å². The Labute approximate surface area is 160 Å². The minimum absolute atomic E-state index is 0.0643. The van der Waals surface area contributed by atoms with E-state index < -0.39 is 0 Å². The predicted molar refractivity (Wildman–Crippen MR) is 108 cm³/mol. The summed E-state index contributed by atoms with van der Waals surface area (Å²) in [5.74, 6) is 1.45. The fraction of sp³-hybridized carbons (Fsp3) is 0.500. The minimum Gasteiger partial charge on any atom is -0.489 e. The van der Waals surface area contributed by atoms with E-state index in [0.29, 0.717) is 18.6 Å². The first-order chi connectivity index (χ1) is 12.6. The van der Waals surface area contributed by atoms with Gasteiger partial charge in [0.25, 0.3) is 5.91 Å². The van der Waals surface area contributed by atoms with Gasteiger partial charge in [0.15, 0.2) is 0 Å². The van der Waals surface area contributed by atoms with Crippen LogP contribution >= 0.6 is 11.3 Å². The normalized spacial score (nSPS) is 15.7. The zero-order valence-electron chi connectivity index (χ0n) is 15.8. The molecule has 1 aromatic heterocycles.